The molecule has 3 aromatic rings. The number of carbonyl (C=O) groups is 1. The summed E-state index contributed by atoms with van der Waals surface area (Å²) in [5, 5.41) is 2.56. The number of ether oxygens (including phenoxy) is 1. The molecule has 1 aliphatic heterocycles. The van der Waals surface area contributed by atoms with Crippen LogP contribution in [0, 0.1) is 0 Å². The van der Waals surface area contributed by atoms with Gasteiger partial charge in [0, 0.05) is 29.9 Å². The van der Waals surface area contributed by atoms with Crippen molar-refractivity contribution in [3.05, 3.63) is 59.7 Å². The maximum absolute atomic E-state index is 13.1. The van der Waals surface area contributed by atoms with Crippen LogP contribution in [0.3, 0.4) is 0 Å². The minimum atomic E-state index is -4.67. The topological polar surface area (TPSA) is 80.2 Å². The SMILES string of the molecule is O=C(c1ccc(-c2nc(Nc3cccc(C(F)(F)F)c3)nc(OCC(F)(F)F)n2)cc1)N1CCCCCC1. The minimum Gasteiger partial charge on any atom is -0.454 e. The molecule has 0 spiro atoms. The average Bonchev–Trinajstić information content (AvgIpc) is 3.16. The van der Waals surface area contributed by atoms with Gasteiger partial charge in [0.05, 0.1) is 5.56 Å². The van der Waals surface area contributed by atoms with Gasteiger partial charge in [-0.1, -0.05) is 31.0 Å². The Balaban J connectivity index is 1.61. The van der Waals surface area contributed by atoms with Crippen molar-refractivity contribution in [2.45, 2.75) is 38.0 Å². The third-order valence-electron chi connectivity index (χ3n) is 5.71. The van der Waals surface area contributed by atoms with Crippen molar-refractivity contribution in [2.75, 3.05) is 25.0 Å². The number of alkyl halides is 6. The Bertz CT molecular complexity index is 1260. The van der Waals surface area contributed by atoms with E-state index in [0.29, 0.717) is 24.2 Å². The standard InChI is InChI=1S/C25H23F6N5O2/c26-24(27,28)15-38-23-34-20(33-22(35-23)32-19-7-5-6-18(14-19)25(29,30)31)16-8-10-17(11-9-16)21(37)36-12-3-1-2-4-13-36/h5-11,14H,1-4,12-13,15H2,(H,32,33,34,35). The van der Waals surface area contributed by atoms with E-state index >= 15 is 0 Å². The van der Waals surface area contributed by atoms with Crippen LogP contribution in [0.1, 0.15) is 41.6 Å². The van der Waals surface area contributed by atoms with Crippen molar-refractivity contribution in [2.24, 2.45) is 0 Å². The molecule has 1 N–H and O–H groups in total. The first-order valence-electron chi connectivity index (χ1n) is 11.8. The van der Waals surface area contributed by atoms with E-state index < -0.39 is 30.5 Å². The van der Waals surface area contributed by atoms with Crippen molar-refractivity contribution in [1.29, 1.82) is 0 Å². The monoisotopic (exact) mass is 539 g/mol. The molecule has 0 saturated carbocycles. The minimum absolute atomic E-state index is 0.0443. The van der Waals surface area contributed by atoms with Gasteiger partial charge in [0.15, 0.2) is 12.4 Å². The molecule has 2 aromatic carbocycles. The van der Waals surface area contributed by atoms with Gasteiger partial charge in [-0.3, -0.25) is 4.79 Å². The number of nitrogens with one attached hydrogen (secondary N) is 1. The summed E-state index contributed by atoms with van der Waals surface area (Å²) < 4.78 is 82.0. The number of amides is 1. The van der Waals surface area contributed by atoms with E-state index in [-0.39, 0.29) is 23.4 Å². The summed E-state index contributed by atoms with van der Waals surface area (Å²) >= 11 is 0. The number of carbonyl (C=O) groups excluding carboxylic acids is 1. The quantitative estimate of drug-likeness (QED) is 0.373. The molecular weight excluding hydrogens is 516 g/mol. The van der Waals surface area contributed by atoms with E-state index in [2.05, 4.69) is 25.0 Å². The summed E-state index contributed by atoms with van der Waals surface area (Å²) in [4.78, 5) is 26.5. The van der Waals surface area contributed by atoms with Crippen LogP contribution in [-0.4, -0.2) is 51.6 Å². The van der Waals surface area contributed by atoms with Crippen molar-refractivity contribution in [3.63, 3.8) is 0 Å². The van der Waals surface area contributed by atoms with Crippen molar-refractivity contribution in [3.8, 4) is 17.4 Å². The Labute approximate surface area is 213 Å². The molecule has 1 aromatic heterocycles. The van der Waals surface area contributed by atoms with Crippen LogP contribution in [0.2, 0.25) is 0 Å². The molecule has 0 radical (unpaired) electrons. The second-order valence-corrected chi connectivity index (χ2v) is 8.66. The zero-order chi connectivity index (χ0) is 27.3. The normalized spacial score (nSPS) is 14.6. The highest BCUT2D eigenvalue weighted by atomic mass is 19.4. The molecule has 1 saturated heterocycles. The number of nitrogens with zero attached hydrogens (tertiary/aromatic N) is 4. The molecule has 2 heterocycles. The lowest BCUT2D eigenvalue weighted by Gasteiger charge is -2.20. The fraction of sp³-hybridized carbons (Fsp3) is 0.360. The fourth-order valence-electron chi connectivity index (χ4n) is 3.87. The highest BCUT2D eigenvalue weighted by Crippen LogP contribution is 2.31. The van der Waals surface area contributed by atoms with Crippen LogP contribution < -0.4 is 10.1 Å². The number of likely N-dealkylation sites (tertiary alicyclic amines) is 1. The van der Waals surface area contributed by atoms with Crippen LogP contribution in [0.25, 0.3) is 11.4 Å². The molecule has 0 unspecified atom stereocenters. The van der Waals surface area contributed by atoms with Gasteiger partial charge < -0.3 is 15.0 Å². The number of halogens is 6. The van der Waals surface area contributed by atoms with Gasteiger partial charge >= 0.3 is 18.4 Å². The van der Waals surface area contributed by atoms with E-state index in [9.17, 15) is 31.1 Å². The van der Waals surface area contributed by atoms with Crippen LogP contribution in [0.4, 0.5) is 38.0 Å². The lowest BCUT2D eigenvalue weighted by atomic mass is 10.1. The fourth-order valence-corrected chi connectivity index (χ4v) is 3.87. The van der Waals surface area contributed by atoms with Gasteiger partial charge in [0.1, 0.15) is 0 Å². The number of benzene rings is 2. The molecule has 1 fully saturated rings. The smallest absolute Gasteiger partial charge is 0.422 e. The van der Waals surface area contributed by atoms with Crippen LogP contribution in [0.15, 0.2) is 48.5 Å². The third kappa shape index (κ3) is 7.33. The lowest BCUT2D eigenvalue weighted by molar-refractivity contribution is -0.154. The summed E-state index contributed by atoms with van der Waals surface area (Å²) in [6, 6.07) is 9.66. The first-order chi connectivity index (χ1) is 18.0. The maximum atomic E-state index is 13.1. The maximum Gasteiger partial charge on any atom is 0.422 e. The molecule has 202 valence electrons. The van der Waals surface area contributed by atoms with Gasteiger partial charge in [-0.05, 0) is 43.2 Å². The number of aromatic nitrogens is 3. The van der Waals surface area contributed by atoms with Crippen molar-refractivity contribution >= 4 is 17.5 Å². The van der Waals surface area contributed by atoms with Gasteiger partial charge in [-0.25, -0.2) is 0 Å². The number of anilines is 2. The summed E-state index contributed by atoms with van der Waals surface area (Å²) in [5.74, 6) is -0.549. The third-order valence-corrected chi connectivity index (χ3v) is 5.71. The van der Waals surface area contributed by atoms with Gasteiger partial charge in [-0.15, -0.1) is 0 Å². The predicted molar refractivity (Wildman–Crippen MR) is 126 cm³/mol. The Hall–Kier alpha value is -3.90. The molecule has 1 aliphatic rings. The van der Waals surface area contributed by atoms with E-state index in [1.165, 1.54) is 18.2 Å². The molecule has 38 heavy (non-hydrogen) atoms. The predicted octanol–water partition coefficient (Wildman–Crippen LogP) is 6.26. The highest BCUT2D eigenvalue weighted by molar-refractivity contribution is 5.94. The zero-order valence-corrected chi connectivity index (χ0v) is 19.9. The van der Waals surface area contributed by atoms with E-state index in [4.69, 9.17) is 0 Å². The molecule has 7 nitrogen and oxygen atoms in total. The molecule has 0 atom stereocenters. The number of hydrogen-bond acceptors (Lipinski definition) is 6. The van der Waals surface area contributed by atoms with Crippen molar-refractivity contribution < 1.29 is 35.9 Å². The Kier molecular flexibility index (Phi) is 8.02. The van der Waals surface area contributed by atoms with Crippen LogP contribution in [-0.2, 0) is 6.18 Å². The second-order valence-electron chi connectivity index (χ2n) is 8.66. The Morgan fingerprint density at radius 2 is 1.58 bits per heavy atom. The molecular formula is C25H23F6N5O2. The lowest BCUT2D eigenvalue weighted by Crippen LogP contribution is -2.31. The largest absolute Gasteiger partial charge is 0.454 e. The van der Waals surface area contributed by atoms with Crippen molar-refractivity contribution in [1.82, 2.24) is 19.9 Å². The molecule has 0 bridgehead atoms. The summed E-state index contributed by atoms with van der Waals surface area (Å²) in [6.07, 6.45) is -5.28. The number of hydrogen-bond donors (Lipinski definition) is 1. The van der Waals surface area contributed by atoms with E-state index in [1.807, 2.05) is 0 Å². The molecule has 4 rings (SSSR count). The molecule has 0 aliphatic carbocycles. The second kappa shape index (κ2) is 11.2. The summed E-state index contributed by atoms with van der Waals surface area (Å²) in [6.45, 7) is -0.347. The van der Waals surface area contributed by atoms with Crippen LogP contribution >= 0.6 is 0 Å². The van der Waals surface area contributed by atoms with E-state index in [1.54, 1.807) is 17.0 Å². The van der Waals surface area contributed by atoms with Crippen LogP contribution in [0.5, 0.6) is 6.01 Å². The Morgan fingerprint density at radius 1 is 0.895 bits per heavy atom. The van der Waals surface area contributed by atoms with Gasteiger partial charge in [-0.2, -0.15) is 41.3 Å². The molecule has 1 amide bonds. The zero-order valence-electron chi connectivity index (χ0n) is 19.9. The van der Waals surface area contributed by atoms with E-state index in [0.717, 1.165) is 43.9 Å². The first kappa shape index (κ1) is 27.1. The molecule has 13 heteroatoms. The highest BCUT2D eigenvalue weighted by Gasteiger charge is 2.31. The average molecular weight is 539 g/mol. The van der Waals surface area contributed by atoms with Gasteiger partial charge in [0.2, 0.25) is 5.95 Å². The first-order valence-corrected chi connectivity index (χ1v) is 11.8. The summed E-state index contributed by atoms with van der Waals surface area (Å²) in [7, 11) is 0. The van der Waals surface area contributed by atoms with Gasteiger partial charge in [0.25, 0.3) is 5.91 Å². The number of rotatable bonds is 6. The summed E-state index contributed by atoms with van der Waals surface area (Å²) in [5.41, 5.74) is -0.212. The Morgan fingerprint density at radius 3 is 2.21 bits per heavy atom.